The molecule has 1 saturated carbocycles. The fourth-order valence-electron chi connectivity index (χ4n) is 4.00. The highest BCUT2D eigenvalue weighted by molar-refractivity contribution is 5.40. The molecule has 0 amide bonds. The van der Waals surface area contributed by atoms with Gasteiger partial charge in [0.1, 0.15) is 18.0 Å². The van der Waals surface area contributed by atoms with Crippen molar-refractivity contribution in [2.24, 2.45) is 11.7 Å². The van der Waals surface area contributed by atoms with Crippen LogP contribution < -0.4 is 10.6 Å². The third kappa shape index (κ3) is 3.66. The van der Waals surface area contributed by atoms with Gasteiger partial charge in [0, 0.05) is 36.8 Å². The molecule has 4 rings (SSSR count). The van der Waals surface area contributed by atoms with Crippen molar-refractivity contribution in [3.63, 3.8) is 0 Å². The number of hydrogen-bond donors (Lipinski definition) is 1. The molecule has 0 spiro atoms. The van der Waals surface area contributed by atoms with Crippen LogP contribution >= 0.6 is 0 Å². The first-order chi connectivity index (χ1) is 12.2. The van der Waals surface area contributed by atoms with Gasteiger partial charge in [-0.1, -0.05) is 18.2 Å². The Morgan fingerprint density at radius 2 is 1.88 bits per heavy atom. The Kier molecular flexibility index (Phi) is 4.66. The van der Waals surface area contributed by atoms with E-state index in [-0.39, 0.29) is 5.82 Å². The van der Waals surface area contributed by atoms with Crippen LogP contribution in [0, 0.1) is 11.7 Å². The van der Waals surface area contributed by atoms with E-state index in [9.17, 15) is 4.39 Å². The van der Waals surface area contributed by atoms with E-state index in [1.54, 1.807) is 18.5 Å². The first-order valence-electron chi connectivity index (χ1n) is 9.25. The number of halogens is 1. The van der Waals surface area contributed by atoms with Gasteiger partial charge in [-0.15, -0.1) is 0 Å². The van der Waals surface area contributed by atoms with Gasteiger partial charge in [0.25, 0.3) is 0 Å². The molecule has 0 atom stereocenters. The molecule has 1 aromatic heterocycles. The Balaban J connectivity index is 1.36. The maximum Gasteiger partial charge on any atom is 0.132 e. The van der Waals surface area contributed by atoms with Crippen LogP contribution in [-0.4, -0.2) is 29.1 Å². The van der Waals surface area contributed by atoms with Crippen LogP contribution in [0.25, 0.3) is 0 Å². The molecule has 2 heterocycles. The molecule has 1 aliphatic carbocycles. The molecule has 2 aliphatic rings. The zero-order chi connectivity index (χ0) is 17.2. The van der Waals surface area contributed by atoms with Gasteiger partial charge in [-0.2, -0.15) is 0 Å². The number of nitrogens with two attached hydrogens (primary N) is 1. The van der Waals surface area contributed by atoms with Crippen molar-refractivity contribution in [3.05, 3.63) is 53.7 Å². The molecule has 2 fully saturated rings. The van der Waals surface area contributed by atoms with Gasteiger partial charge in [-0.3, -0.25) is 0 Å². The van der Waals surface area contributed by atoms with Gasteiger partial charge in [0.15, 0.2) is 0 Å². The average molecular weight is 340 g/mol. The van der Waals surface area contributed by atoms with Crippen molar-refractivity contribution >= 4 is 5.82 Å². The number of benzene rings is 1. The van der Waals surface area contributed by atoms with Crippen LogP contribution in [0.2, 0.25) is 0 Å². The smallest absolute Gasteiger partial charge is 0.132 e. The third-order valence-electron chi connectivity index (χ3n) is 5.67. The summed E-state index contributed by atoms with van der Waals surface area (Å²) in [5.41, 5.74) is 7.86. The maximum atomic E-state index is 13.8. The predicted molar refractivity (Wildman–Crippen MR) is 97.0 cm³/mol. The molecule has 0 bridgehead atoms. The molecule has 0 unspecified atom stereocenters. The van der Waals surface area contributed by atoms with Crippen molar-refractivity contribution in [1.82, 2.24) is 9.97 Å². The van der Waals surface area contributed by atoms with Crippen LogP contribution in [0.15, 0.2) is 36.7 Å². The van der Waals surface area contributed by atoms with Gasteiger partial charge in [-0.25, -0.2) is 14.4 Å². The lowest BCUT2D eigenvalue weighted by molar-refractivity contribution is 0.344. The van der Waals surface area contributed by atoms with Crippen molar-refractivity contribution in [3.8, 4) is 0 Å². The van der Waals surface area contributed by atoms with Crippen molar-refractivity contribution < 1.29 is 4.39 Å². The van der Waals surface area contributed by atoms with Gasteiger partial charge in [-0.05, 0) is 49.7 Å². The number of hydrogen-bond acceptors (Lipinski definition) is 4. The Morgan fingerprint density at radius 1 is 1.12 bits per heavy atom. The molecule has 5 heteroatoms. The molecule has 1 aromatic carbocycles. The Hall–Kier alpha value is -2.01. The second-order valence-electron chi connectivity index (χ2n) is 7.46. The molecule has 1 aliphatic heterocycles. The monoisotopic (exact) mass is 340 g/mol. The zero-order valence-electron chi connectivity index (χ0n) is 14.4. The van der Waals surface area contributed by atoms with E-state index in [0.29, 0.717) is 17.9 Å². The minimum Gasteiger partial charge on any atom is -0.356 e. The van der Waals surface area contributed by atoms with Crippen molar-refractivity contribution in [2.45, 2.75) is 44.1 Å². The summed E-state index contributed by atoms with van der Waals surface area (Å²) in [7, 11) is 0. The second kappa shape index (κ2) is 7.08. The molecule has 0 radical (unpaired) electrons. The SMILES string of the molecule is NC1CC(c2cc(N3CCC(Cc4ccccc4F)CC3)ncn2)C1. The van der Waals surface area contributed by atoms with Gasteiger partial charge >= 0.3 is 0 Å². The van der Waals surface area contributed by atoms with Crippen LogP contribution in [0.1, 0.15) is 42.9 Å². The molecule has 25 heavy (non-hydrogen) atoms. The van der Waals surface area contributed by atoms with E-state index in [4.69, 9.17) is 5.73 Å². The molecule has 2 N–H and O–H groups in total. The van der Waals surface area contributed by atoms with Crippen LogP contribution in [0.3, 0.4) is 0 Å². The number of nitrogens with zero attached hydrogens (tertiary/aromatic N) is 3. The average Bonchev–Trinajstić information content (AvgIpc) is 2.62. The number of anilines is 1. The fraction of sp³-hybridized carbons (Fsp3) is 0.500. The van der Waals surface area contributed by atoms with Crippen LogP contribution in [0.5, 0.6) is 0 Å². The number of rotatable bonds is 4. The maximum absolute atomic E-state index is 13.8. The highest BCUT2D eigenvalue weighted by atomic mass is 19.1. The summed E-state index contributed by atoms with van der Waals surface area (Å²) >= 11 is 0. The second-order valence-corrected chi connectivity index (χ2v) is 7.46. The topological polar surface area (TPSA) is 55.0 Å². The van der Waals surface area contributed by atoms with Crippen molar-refractivity contribution in [2.75, 3.05) is 18.0 Å². The lowest BCUT2D eigenvalue weighted by Crippen LogP contribution is -2.36. The van der Waals surface area contributed by atoms with E-state index in [1.807, 2.05) is 12.1 Å². The van der Waals surface area contributed by atoms with E-state index < -0.39 is 0 Å². The van der Waals surface area contributed by atoms with E-state index in [2.05, 4.69) is 20.9 Å². The minimum atomic E-state index is -0.0796. The Morgan fingerprint density at radius 3 is 2.60 bits per heavy atom. The summed E-state index contributed by atoms with van der Waals surface area (Å²) in [6.45, 7) is 1.94. The zero-order valence-corrected chi connectivity index (χ0v) is 14.4. The van der Waals surface area contributed by atoms with E-state index in [1.165, 1.54) is 0 Å². The quantitative estimate of drug-likeness (QED) is 0.928. The number of aromatic nitrogens is 2. The molecule has 2 aromatic rings. The largest absolute Gasteiger partial charge is 0.356 e. The van der Waals surface area contributed by atoms with Gasteiger partial charge < -0.3 is 10.6 Å². The van der Waals surface area contributed by atoms with Gasteiger partial charge in [0.2, 0.25) is 0 Å². The van der Waals surface area contributed by atoms with Crippen LogP contribution in [0.4, 0.5) is 10.2 Å². The van der Waals surface area contributed by atoms with Crippen LogP contribution in [-0.2, 0) is 6.42 Å². The summed E-state index contributed by atoms with van der Waals surface area (Å²) in [6, 6.07) is 9.60. The summed E-state index contributed by atoms with van der Waals surface area (Å²) in [6.07, 6.45) is 6.71. The fourth-order valence-corrected chi connectivity index (χ4v) is 4.00. The molecule has 1 saturated heterocycles. The first-order valence-corrected chi connectivity index (χ1v) is 9.25. The summed E-state index contributed by atoms with van der Waals surface area (Å²) in [5.74, 6) is 1.98. The Labute approximate surface area is 148 Å². The van der Waals surface area contributed by atoms with Crippen molar-refractivity contribution in [1.29, 1.82) is 0 Å². The van der Waals surface area contributed by atoms with E-state index >= 15 is 0 Å². The Bertz CT molecular complexity index is 721. The summed E-state index contributed by atoms with van der Waals surface area (Å²) < 4.78 is 13.8. The highest BCUT2D eigenvalue weighted by Crippen LogP contribution is 2.35. The summed E-state index contributed by atoms with van der Waals surface area (Å²) in [5, 5.41) is 0. The minimum absolute atomic E-state index is 0.0796. The van der Waals surface area contributed by atoms with Gasteiger partial charge in [0.05, 0.1) is 0 Å². The molecule has 4 nitrogen and oxygen atoms in total. The lowest BCUT2D eigenvalue weighted by Gasteiger charge is -2.34. The normalized spacial score (nSPS) is 24.2. The number of piperidine rings is 1. The first kappa shape index (κ1) is 16.5. The van der Waals surface area contributed by atoms with E-state index in [0.717, 1.165) is 62.3 Å². The molecular formula is C20H25FN4. The molecular weight excluding hydrogens is 315 g/mol. The third-order valence-corrected chi connectivity index (χ3v) is 5.67. The predicted octanol–water partition coefficient (Wildman–Crippen LogP) is 3.28. The summed E-state index contributed by atoms with van der Waals surface area (Å²) in [4.78, 5) is 11.2. The standard InChI is InChI=1S/C20H25FN4/c21-18-4-2-1-3-15(18)9-14-5-7-25(8-6-14)20-12-19(23-13-24-20)16-10-17(22)11-16/h1-4,12-14,16-17H,5-11,22H2. The highest BCUT2D eigenvalue weighted by Gasteiger charge is 2.29. The lowest BCUT2D eigenvalue weighted by atomic mass is 9.78. The molecule has 132 valence electrons.